The number of rotatable bonds is 4. The van der Waals surface area contributed by atoms with Gasteiger partial charge >= 0.3 is 0 Å². The van der Waals surface area contributed by atoms with Crippen molar-refractivity contribution in [2.45, 2.75) is 37.5 Å². The van der Waals surface area contributed by atoms with E-state index in [1.54, 1.807) is 0 Å². The van der Waals surface area contributed by atoms with Crippen LogP contribution in [-0.4, -0.2) is 23.6 Å². The van der Waals surface area contributed by atoms with Crippen molar-refractivity contribution in [2.75, 3.05) is 12.3 Å². The third kappa shape index (κ3) is 3.04. The molecule has 12 heavy (non-hydrogen) atoms. The molecule has 0 aromatic heterocycles. The minimum atomic E-state index is 0.0613. The molecule has 2 unspecified atom stereocenters. The normalized spacial score (nSPS) is 25.2. The van der Waals surface area contributed by atoms with E-state index in [4.69, 9.17) is 5.26 Å². The predicted octanol–water partition coefficient (Wildman–Crippen LogP) is 1.77. The van der Waals surface area contributed by atoms with Gasteiger partial charge in [-0.2, -0.15) is 17.0 Å². The Hall–Kier alpha value is -0.200. The zero-order chi connectivity index (χ0) is 8.81. The van der Waals surface area contributed by atoms with E-state index in [0.29, 0.717) is 0 Å². The molecule has 0 aliphatic carbocycles. The zero-order valence-corrected chi connectivity index (χ0v) is 8.36. The van der Waals surface area contributed by atoms with E-state index in [0.717, 1.165) is 18.2 Å². The molecule has 1 rings (SSSR count). The maximum absolute atomic E-state index is 8.68. The molecule has 1 fully saturated rings. The van der Waals surface area contributed by atoms with Gasteiger partial charge in [-0.1, -0.05) is 6.92 Å². The number of nitriles is 1. The molecule has 0 bridgehead atoms. The second kappa shape index (κ2) is 5.45. The van der Waals surface area contributed by atoms with Crippen molar-refractivity contribution in [2.24, 2.45) is 0 Å². The van der Waals surface area contributed by atoms with Crippen molar-refractivity contribution in [1.29, 1.82) is 5.26 Å². The van der Waals surface area contributed by atoms with Crippen LogP contribution in [0, 0.1) is 11.3 Å². The van der Waals surface area contributed by atoms with Crippen LogP contribution in [0.1, 0.15) is 26.2 Å². The Bertz CT molecular complexity index is 158. The summed E-state index contributed by atoms with van der Waals surface area (Å²) in [5, 5.41) is 12.7. The fraction of sp³-hybridized carbons (Fsp3) is 0.889. The molecule has 0 spiro atoms. The second-order valence-electron chi connectivity index (χ2n) is 3.13. The van der Waals surface area contributed by atoms with Crippen molar-refractivity contribution < 1.29 is 0 Å². The molecule has 2 nitrogen and oxygen atoms in total. The van der Waals surface area contributed by atoms with Crippen molar-refractivity contribution >= 4 is 11.8 Å². The summed E-state index contributed by atoms with van der Waals surface area (Å²) in [6.45, 7) is 3.05. The number of nitrogens with zero attached hydrogens (tertiary/aromatic N) is 1. The summed E-state index contributed by atoms with van der Waals surface area (Å²) in [5.74, 6) is 1.30. The van der Waals surface area contributed by atoms with Crippen LogP contribution in [0.4, 0.5) is 0 Å². The highest BCUT2D eigenvalue weighted by molar-refractivity contribution is 8.00. The van der Waals surface area contributed by atoms with Crippen LogP contribution < -0.4 is 5.32 Å². The highest BCUT2D eigenvalue weighted by Gasteiger charge is 2.16. The molecule has 3 heteroatoms. The van der Waals surface area contributed by atoms with Crippen molar-refractivity contribution in [1.82, 2.24) is 5.32 Å². The van der Waals surface area contributed by atoms with Crippen LogP contribution in [0.3, 0.4) is 0 Å². The number of hydrogen-bond acceptors (Lipinski definition) is 3. The Morgan fingerprint density at radius 1 is 1.75 bits per heavy atom. The molecule has 1 saturated heterocycles. The fourth-order valence-corrected chi connectivity index (χ4v) is 2.57. The summed E-state index contributed by atoms with van der Waals surface area (Å²) in [6.07, 6.45) is 3.58. The Morgan fingerprint density at radius 3 is 3.08 bits per heavy atom. The topological polar surface area (TPSA) is 35.8 Å². The van der Waals surface area contributed by atoms with Gasteiger partial charge in [-0.3, -0.25) is 0 Å². The molecule has 1 N–H and O–H groups in total. The van der Waals surface area contributed by atoms with E-state index in [1.165, 1.54) is 18.6 Å². The fourth-order valence-electron chi connectivity index (χ4n) is 1.36. The minimum Gasteiger partial charge on any atom is -0.301 e. The van der Waals surface area contributed by atoms with Crippen LogP contribution in [-0.2, 0) is 0 Å². The standard InChI is InChI=1S/C9H16N2S/c1-2-8(6-10)11-7-9-4-3-5-12-9/h8-9,11H,2-5,7H2,1H3. The number of nitrogens with one attached hydrogen (secondary N) is 1. The maximum Gasteiger partial charge on any atom is 0.0950 e. The Balaban J connectivity index is 2.11. The molecule has 68 valence electrons. The molecule has 1 heterocycles. The van der Waals surface area contributed by atoms with Gasteiger partial charge in [-0.25, -0.2) is 0 Å². The van der Waals surface area contributed by atoms with Gasteiger partial charge in [0.1, 0.15) is 0 Å². The van der Waals surface area contributed by atoms with E-state index in [-0.39, 0.29) is 6.04 Å². The molecule has 0 radical (unpaired) electrons. The van der Waals surface area contributed by atoms with Crippen molar-refractivity contribution in [3.63, 3.8) is 0 Å². The molecular formula is C9H16N2S. The van der Waals surface area contributed by atoms with E-state index >= 15 is 0 Å². The monoisotopic (exact) mass is 184 g/mol. The van der Waals surface area contributed by atoms with Gasteiger partial charge in [-0.05, 0) is 25.0 Å². The van der Waals surface area contributed by atoms with Gasteiger partial charge in [0, 0.05) is 11.8 Å². The average Bonchev–Trinajstić information content (AvgIpc) is 2.59. The van der Waals surface area contributed by atoms with Gasteiger partial charge in [0.25, 0.3) is 0 Å². The molecule has 1 aliphatic heterocycles. The van der Waals surface area contributed by atoms with Crippen LogP contribution >= 0.6 is 11.8 Å². The third-order valence-electron chi connectivity index (χ3n) is 2.18. The minimum absolute atomic E-state index is 0.0613. The maximum atomic E-state index is 8.68. The zero-order valence-electron chi connectivity index (χ0n) is 7.55. The summed E-state index contributed by atoms with van der Waals surface area (Å²) < 4.78 is 0. The van der Waals surface area contributed by atoms with E-state index in [2.05, 4.69) is 11.4 Å². The van der Waals surface area contributed by atoms with Crippen molar-refractivity contribution in [3.8, 4) is 6.07 Å². The predicted molar refractivity (Wildman–Crippen MR) is 53.2 cm³/mol. The Kier molecular flexibility index (Phi) is 4.49. The first kappa shape index (κ1) is 9.88. The van der Waals surface area contributed by atoms with Crippen LogP contribution in [0.2, 0.25) is 0 Å². The lowest BCUT2D eigenvalue weighted by atomic mass is 10.2. The number of hydrogen-bond donors (Lipinski definition) is 1. The van der Waals surface area contributed by atoms with Crippen LogP contribution in [0.25, 0.3) is 0 Å². The average molecular weight is 184 g/mol. The quantitative estimate of drug-likeness (QED) is 0.723. The molecule has 0 saturated carbocycles. The van der Waals surface area contributed by atoms with E-state index < -0.39 is 0 Å². The molecule has 1 aliphatic rings. The first-order valence-corrected chi connectivity index (χ1v) is 5.66. The van der Waals surface area contributed by atoms with E-state index in [9.17, 15) is 0 Å². The molecular weight excluding hydrogens is 168 g/mol. The molecule has 0 aromatic carbocycles. The first-order chi connectivity index (χ1) is 5.86. The summed E-state index contributed by atoms with van der Waals surface area (Å²) in [7, 11) is 0. The lowest BCUT2D eigenvalue weighted by molar-refractivity contribution is 0.571. The van der Waals surface area contributed by atoms with E-state index in [1.807, 2.05) is 18.7 Å². The van der Waals surface area contributed by atoms with Crippen LogP contribution in [0.5, 0.6) is 0 Å². The first-order valence-electron chi connectivity index (χ1n) is 4.61. The van der Waals surface area contributed by atoms with Gasteiger partial charge in [0.15, 0.2) is 0 Å². The summed E-state index contributed by atoms with van der Waals surface area (Å²) in [5.41, 5.74) is 0. The highest BCUT2D eigenvalue weighted by Crippen LogP contribution is 2.25. The molecule has 0 aromatic rings. The van der Waals surface area contributed by atoms with Gasteiger partial charge in [-0.15, -0.1) is 0 Å². The lowest BCUT2D eigenvalue weighted by Crippen LogP contribution is -2.32. The third-order valence-corrected chi connectivity index (χ3v) is 3.58. The van der Waals surface area contributed by atoms with Crippen LogP contribution in [0.15, 0.2) is 0 Å². The molecule has 2 atom stereocenters. The smallest absolute Gasteiger partial charge is 0.0950 e. The SMILES string of the molecule is CCC(C#N)NCC1CCCS1. The number of thioether (sulfide) groups is 1. The Labute approximate surface area is 78.7 Å². The van der Waals surface area contributed by atoms with Gasteiger partial charge in [0.05, 0.1) is 12.1 Å². The summed E-state index contributed by atoms with van der Waals surface area (Å²) in [4.78, 5) is 0. The van der Waals surface area contributed by atoms with Gasteiger partial charge < -0.3 is 5.32 Å². The second-order valence-corrected chi connectivity index (χ2v) is 4.54. The van der Waals surface area contributed by atoms with Gasteiger partial charge in [0.2, 0.25) is 0 Å². The molecule has 0 amide bonds. The highest BCUT2D eigenvalue weighted by atomic mass is 32.2. The lowest BCUT2D eigenvalue weighted by Gasteiger charge is -2.12. The summed E-state index contributed by atoms with van der Waals surface area (Å²) >= 11 is 2.03. The van der Waals surface area contributed by atoms with Crippen molar-refractivity contribution in [3.05, 3.63) is 0 Å². The Morgan fingerprint density at radius 2 is 2.58 bits per heavy atom. The largest absolute Gasteiger partial charge is 0.301 e. The summed E-state index contributed by atoms with van der Waals surface area (Å²) in [6, 6.07) is 2.32.